The highest BCUT2D eigenvalue weighted by Gasteiger charge is 2.27. The Bertz CT molecular complexity index is 329. The quantitative estimate of drug-likeness (QED) is 0.774. The summed E-state index contributed by atoms with van der Waals surface area (Å²) in [6.45, 7) is 9.80. The maximum absolute atomic E-state index is 12.0. The summed E-state index contributed by atoms with van der Waals surface area (Å²) in [6, 6.07) is -0.0202. The number of piperidine rings is 2. The predicted octanol–water partition coefficient (Wildman–Crippen LogP) is 1.52. The minimum Gasteiger partial charge on any atom is -0.391 e. The summed E-state index contributed by atoms with van der Waals surface area (Å²) in [5.74, 6) is 1.17. The normalized spacial score (nSPS) is 28.6. The minimum absolute atomic E-state index is 0.0202. The first kappa shape index (κ1) is 16.6. The summed E-state index contributed by atoms with van der Waals surface area (Å²) in [6.07, 6.45) is 4.12. The van der Waals surface area contributed by atoms with Crippen LogP contribution in [-0.2, 0) is 0 Å². The number of hydrogen-bond acceptors (Lipinski definition) is 3. The zero-order valence-electron chi connectivity index (χ0n) is 13.6. The lowest BCUT2D eigenvalue weighted by atomic mass is 9.96. The summed E-state index contributed by atoms with van der Waals surface area (Å²) in [5, 5.41) is 12.8. The molecule has 0 spiro atoms. The van der Waals surface area contributed by atoms with Gasteiger partial charge in [-0.2, -0.15) is 0 Å². The van der Waals surface area contributed by atoms with Gasteiger partial charge in [-0.1, -0.05) is 13.8 Å². The van der Waals surface area contributed by atoms with E-state index in [1.807, 2.05) is 6.92 Å². The van der Waals surface area contributed by atoms with Gasteiger partial charge in [0.1, 0.15) is 0 Å². The number of amides is 2. The van der Waals surface area contributed by atoms with Crippen molar-refractivity contribution in [2.24, 2.45) is 11.8 Å². The molecule has 122 valence electrons. The molecular weight excluding hydrogens is 266 g/mol. The molecule has 2 aliphatic rings. The molecule has 2 N–H and O–H groups in total. The number of hydrogen-bond donors (Lipinski definition) is 2. The van der Waals surface area contributed by atoms with Crippen LogP contribution in [0.4, 0.5) is 4.79 Å². The summed E-state index contributed by atoms with van der Waals surface area (Å²) in [5.41, 5.74) is 0. The second-order valence-corrected chi connectivity index (χ2v) is 6.89. The van der Waals surface area contributed by atoms with Crippen LogP contribution >= 0.6 is 0 Å². The van der Waals surface area contributed by atoms with Crippen molar-refractivity contribution in [3.8, 4) is 0 Å². The Morgan fingerprint density at radius 1 is 1.19 bits per heavy atom. The molecule has 2 rings (SSSR count). The van der Waals surface area contributed by atoms with E-state index in [-0.39, 0.29) is 12.1 Å². The van der Waals surface area contributed by atoms with Crippen LogP contribution in [-0.4, -0.2) is 66.3 Å². The highest BCUT2D eigenvalue weighted by Crippen LogP contribution is 2.17. The van der Waals surface area contributed by atoms with E-state index >= 15 is 0 Å². The third-order valence-electron chi connectivity index (χ3n) is 5.01. The molecule has 2 atom stereocenters. The van der Waals surface area contributed by atoms with Crippen molar-refractivity contribution in [3.05, 3.63) is 0 Å². The second kappa shape index (κ2) is 7.99. The van der Waals surface area contributed by atoms with Crippen LogP contribution in [0.1, 0.15) is 39.5 Å². The van der Waals surface area contributed by atoms with Crippen LogP contribution in [0, 0.1) is 11.8 Å². The summed E-state index contributed by atoms with van der Waals surface area (Å²) >= 11 is 0. The van der Waals surface area contributed by atoms with Gasteiger partial charge in [0.2, 0.25) is 0 Å². The fourth-order valence-electron chi connectivity index (χ4n) is 3.13. The first-order valence-corrected chi connectivity index (χ1v) is 8.49. The maximum Gasteiger partial charge on any atom is 0.317 e. The molecule has 0 saturated carbocycles. The van der Waals surface area contributed by atoms with E-state index in [4.69, 9.17) is 0 Å². The number of likely N-dealkylation sites (tertiary alicyclic amines) is 2. The Labute approximate surface area is 128 Å². The van der Waals surface area contributed by atoms with Crippen molar-refractivity contribution < 1.29 is 9.90 Å². The highest BCUT2D eigenvalue weighted by atomic mass is 16.3. The van der Waals surface area contributed by atoms with E-state index in [9.17, 15) is 9.90 Å². The molecule has 2 saturated heterocycles. The lowest BCUT2D eigenvalue weighted by molar-refractivity contribution is 0.0435. The van der Waals surface area contributed by atoms with E-state index in [1.54, 1.807) is 4.90 Å². The van der Waals surface area contributed by atoms with E-state index in [1.165, 1.54) is 25.9 Å². The van der Waals surface area contributed by atoms with Gasteiger partial charge in [0.15, 0.2) is 0 Å². The van der Waals surface area contributed by atoms with Crippen molar-refractivity contribution in [1.82, 2.24) is 15.1 Å². The van der Waals surface area contributed by atoms with Crippen molar-refractivity contribution in [3.63, 3.8) is 0 Å². The highest BCUT2D eigenvalue weighted by molar-refractivity contribution is 5.74. The number of nitrogens with zero attached hydrogens (tertiary/aromatic N) is 2. The lowest BCUT2D eigenvalue weighted by Crippen LogP contribution is -2.50. The summed E-state index contributed by atoms with van der Waals surface area (Å²) in [7, 11) is 0. The third-order valence-corrected chi connectivity index (χ3v) is 5.01. The van der Waals surface area contributed by atoms with Gasteiger partial charge in [-0.25, -0.2) is 4.79 Å². The number of carbonyl (C=O) groups is 1. The van der Waals surface area contributed by atoms with Gasteiger partial charge in [-0.3, -0.25) is 0 Å². The molecule has 2 heterocycles. The zero-order chi connectivity index (χ0) is 15.2. The van der Waals surface area contributed by atoms with Gasteiger partial charge in [0.05, 0.1) is 6.10 Å². The molecule has 0 aromatic carbocycles. The fourth-order valence-corrected chi connectivity index (χ4v) is 3.13. The zero-order valence-corrected chi connectivity index (χ0v) is 13.6. The minimum atomic E-state index is -0.375. The molecule has 2 unspecified atom stereocenters. The first-order chi connectivity index (χ1) is 10.1. The second-order valence-electron chi connectivity index (χ2n) is 6.89. The topological polar surface area (TPSA) is 55.8 Å². The van der Waals surface area contributed by atoms with Crippen molar-refractivity contribution in [1.29, 1.82) is 0 Å². The number of β-amino-alcohol motifs (C(OH)–C–C–N with tert-alkyl or cyclic N) is 1. The third kappa shape index (κ3) is 5.15. The lowest BCUT2D eigenvalue weighted by Gasteiger charge is -2.34. The van der Waals surface area contributed by atoms with Gasteiger partial charge in [0.25, 0.3) is 0 Å². The van der Waals surface area contributed by atoms with Crippen molar-refractivity contribution in [2.75, 3.05) is 39.3 Å². The molecule has 2 aliphatic heterocycles. The van der Waals surface area contributed by atoms with E-state index in [0.717, 1.165) is 38.4 Å². The summed E-state index contributed by atoms with van der Waals surface area (Å²) < 4.78 is 0. The number of aliphatic hydroxyl groups excluding tert-OH is 1. The number of rotatable bonds is 4. The van der Waals surface area contributed by atoms with E-state index < -0.39 is 0 Å². The Morgan fingerprint density at radius 3 is 2.57 bits per heavy atom. The largest absolute Gasteiger partial charge is 0.391 e. The molecule has 0 aliphatic carbocycles. The molecule has 0 aromatic rings. The smallest absolute Gasteiger partial charge is 0.317 e. The van der Waals surface area contributed by atoms with Crippen LogP contribution in [0.5, 0.6) is 0 Å². The maximum atomic E-state index is 12.0. The van der Waals surface area contributed by atoms with E-state index in [0.29, 0.717) is 12.5 Å². The number of carbonyl (C=O) groups excluding carboxylic acids is 1. The van der Waals surface area contributed by atoms with Gasteiger partial charge in [-0.15, -0.1) is 0 Å². The van der Waals surface area contributed by atoms with Crippen molar-refractivity contribution >= 4 is 6.03 Å². The monoisotopic (exact) mass is 297 g/mol. The van der Waals surface area contributed by atoms with Crippen LogP contribution in [0.15, 0.2) is 0 Å². The number of urea groups is 1. The number of aliphatic hydroxyl groups is 1. The van der Waals surface area contributed by atoms with Crippen LogP contribution in [0.3, 0.4) is 0 Å². The summed E-state index contributed by atoms with van der Waals surface area (Å²) in [4.78, 5) is 16.3. The molecule has 2 amide bonds. The molecular formula is C16H31N3O2. The van der Waals surface area contributed by atoms with Crippen molar-refractivity contribution in [2.45, 2.75) is 45.6 Å². The molecule has 0 aromatic heterocycles. The Balaban J connectivity index is 1.57. The molecule has 2 fully saturated rings. The Kier molecular flexibility index (Phi) is 6.30. The molecule has 0 bridgehead atoms. The van der Waals surface area contributed by atoms with E-state index in [2.05, 4.69) is 17.1 Å². The number of nitrogens with one attached hydrogen (secondary N) is 1. The Hall–Kier alpha value is -0.810. The molecule has 5 nitrogen and oxygen atoms in total. The van der Waals surface area contributed by atoms with Gasteiger partial charge in [-0.05, 0) is 57.2 Å². The first-order valence-electron chi connectivity index (χ1n) is 8.49. The fraction of sp³-hybridized carbons (Fsp3) is 0.938. The molecule has 5 heteroatoms. The standard InChI is InChI=1S/C16H31N3O2/c1-13-4-9-18(10-5-13)8-3-7-17-16(21)19-11-6-14(2)15(20)12-19/h13-15,20H,3-12H2,1-2H3,(H,17,21). The SMILES string of the molecule is CC1CCN(CCCNC(=O)N2CCC(C)C(O)C2)CC1. The average Bonchev–Trinajstić information content (AvgIpc) is 2.48. The Morgan fingerprint density at radius 2 is 1.90 bits per heavy atom. The average molecular weight is 297 g/mol. The van der Waals surface area contributed by atoms with Gasteiger partial charge in [0, 0.05) is 19.6 Å². The molecule has 21 heavy (non-hydrogen) atoms. The van der Waals surface area contributed by atoms with Crippen LogP contribution in [0.2, 0.25) is 0 Å². The van der Waals surface area contributed by atoms with Gasteiger partial charge >= 0.3 is 6.03 Å². The van der Waals surface area contributed by atoms with Crippen LogP contribution < -0.4 is 5.32 Å². The van der Waals surface area contributed by atoms with Crippen LogP contribution in [0.25, 0.3) is 0 Å². The molecule has 0 radical (unpaired) electrons. The van der Waals surface area contributed by atoms with Gasteiger partial charge < -0.3 is 20.2 Å². The predicted molar refractivity (Wildman–Crippen MR) is 84.2 cm³/mol.